The minimum Gasteiger partial charge on any atom is -0.316 e. The predicted octanol–water partition coefficient (Wildman–Crippen LogP) is 4.99. The molecule has 1 amide bonds. The molecule has 0 saturated heterocycles. The molecule has 136 valence electrons. The zero-order valence-corrected chi connectivity index (χ0v) is 17.3. The van der Waals surface area contributed by atoms with Crippen LogP contribution in [0, 0.1) is 13.8 Å². The number of rotatable bonds is 5. The fraction of sp³-hybridized carbons (Fsp3) is 0.333. The number of nitrogens with zero attached hydrogens (tertiary/aromatic N) is 2. The van der Waals surface area contributed by atoms with Crippen molar-refractivity contribution in [3.8, 4) is 0 Å². The lowest BCUT2D eigenvalue weighted by Crippen LogP contribution is -2.18. The van der Waals surface area contributed by atoms with Crippen LogP contribution in [0.25, 0.3) is 10.2 Å². The molecule has 0 saturated carbocycles. The first kappa shape index (κ1) is 18.9. The zero-order valence-electron chi connectivity index (χ0n) is 15.7. The second kappa shape index (κ2) is 8.23. The van der Waals surface area contributed by atoms with E-state index in [0.717, 1.165) is 34.6 Å². The molecule has 0 aliphatic carbocycles. The molecule has 3 aromatic rings. The van der Waals surface area contributed by atoms with Crippen molar-refractivity contribution in [2.75, 3.05) is 12.0 Å². The van der Waals surface area contributed by atoms with Gasteiger partial charge in [0.25, 0.3) is 5.91 Å². The quantitative estimate of drug-likeness (QED) is 0.621. The Hall–Kier alpha value is -1.85. The molecule has 0 spiro atoms. The normalized spacial score (nSPS) is 12.1. The van der Waals surface area contributed by atoms with E-state index in [1.54, 1.807) is 23.1 Å². The minimum atomic E-state index is -0.173. The molecule has 3 rings (SSSR count). The highest BCUT2D eigenvalue weighted by Gasteiger charge is 2.10. The average molecular weight is 385 g/mol. The van der Waals surface area contributed by atoms with E-state index in [0.29, 0.717) is 5.56 Å². The van der Waals surface area contributed by atoms with E-state index in [1.807, 2.05) is 25.1 Å². The molecule has 0 unspecified atom stereocenters. The van der Waals surface area contributed by atoms with E-state index in [9.17, 15) is 4.79 Å². The molecule has 0 radical (unpaired) electrons. The second-order valence-corrected chi connectivity index (χ2v) is 8.40. The maximum absolute atomic E-state index is 12.7. The van der Waals surface area contributed by atoms with Crippen LogP contribution in [0.5, 0.6) is 0 Å². The summed E-state index contributed by atoms with van der Waals surface area (Å²) >= 11 is 3.40. The van der Waals surface area contributed by atoms with E-state index in [1.165, 1.54) is 15.8 Å². The van der Waals surface area contributed by atoms with Gasteiger partial charge in [0.2, 0.25) is 0 Å². The summed E-state index contributed by atoms with van der Waals surface area (Å²) < 4.78 is 3.37. The van der Waals surface area contributed by atoms with Crippen LogP contribution in [0.1, 0.15) is 34.0 Å². The van der Waals surface area contributed by atoms with Gasteiger partial charge in [-0.1, -0.05) is 30.4 Å². The molecule has 26 heavy (non-hydrogen) atoms. The third kappa shape index (κ3) is 3.94. The van der Waals surface area contributed by atoms with Crippen LogP contribution >= 0.6 is 23.1 Å². The Kier molecular flexibility index (Phi) is 5.99. The van der Waals surface area contributed by atoms with Crippen molar-refractivity contribution >= 4 is 39.2 Å². The lowest BCUT2D eigenvalue weighted by Gasteiger charge is -2.05. The topological polar surface area (TPSA) is 34.4 Å². The summed E-state index contributed by atoms with van der Waals surface area (Å²) in [6.07, 6.45) is 3.11. The van der Waals surface area contributed by atoms with Crippen molar-refractivity contribution in [3.05, 3.63) is 63.5 Å². The summed E-state index contributed by atoms with van der Waals surface area (Å²) in [6, 6.07) is 12.3. The van der Waals surface area contributed by atoms with E-state index in [4.69, 9.17) is 0 Å². The second-order valence-electron chi connectivity index (χ2n) is 6.40. The first-order chi connectivity index (χ1) is 12.5. The van der Waals surface area contributed by atoms with Crippen molar-refractivity contribution in [3.63, 3.8) is 0 Å². The van der Waals surface area contributed by atoms with Crippen LogP contribution in [-0.4, -0.2) is 22.5 Å². The fourth-order valence-electron chi connectivity index (χ4n) is 2.85. The largest absolute Gasteiger partial charge is 0.316 e. The van der Waals surface area contributed by atoms with Gasteiger partial charge in [-0.3, -0.25) is 4.79 Å². The number of benzene rings is 2. The first-order valence-corrected chi connectivity index (χ1v) is 11.0. The average Bonchev–Trinajstić information content (AvgIpc) is 2.98. The molecule has 2 aromatic carbocycles. The highest BCUT2D eigenvalue weighted by molar-refractivity contribution is 7.98. The van der Waals surface area contributed by atoms with Crippen molar-refractivity contribution in [2.24, 2.45) is 4.99 Å². The number of thiazole rings is 1. The van der Waals surface area contributed by atoms with Crippen molar-refractivity contribution in [2.45, 2.75) is 33.7 Å². The predicted molar refractivity (Wildman–Crippen MR) is 113 cm³/mol. The molecule has 0 atom stereocenters. The molecule has 0 bridgehead atoms. The number of amides is 1. The summed E-state index contributed by atoms with van der Waals surface area (Å²) in [6.45, 7) is 7.08. The Balaban J connectivity index is 2.10. The number of hydrogen-bond donors (Lipinski definition) is 0. The molecule has 0 aliphatic heterocycles. The zero-order chi connectivity index (χ0) is 18.7. The fourth-order valence-corrected chi connectivity index (χ4v) is 4.33. The molecule has 1 heterocycles. The molecule has 0 N–H and O–H groups in total. The van der Waals surface area contributed by atoms with E-state index in [2.05, 4.69) is 47.9 Å². The maximum Gasteiger partial charge on any atom is 0.279 e. The van der Waals surface area contributed by atoms with Gasteiger partial charge < -0.3 is 4.57 Å². The summed E-state index contributed by atoms with van der Waals surface area (Å²) in [5.74, 6) is 0.820. The summed E-state index contributed by atoms with van der Waals surface area (Å²) in [5, 5.41) is 0. The van der Waals surface area contributed by atoms with Gasteiger partial charge in [-0.25, -0.2) is 0 Å². The van der Waals surface area contributed by atoms with Crippen molar-refractivity contribution in [1.82, 2.24) is 4.57 Å². The maximum atomic E-state index is 12.7. The Morgan fingerprint density at radius 2 is 1.96 bits per heavy atom. The van der Waals surface area contributed by atoms with Crippen LogP contribution in [0.4, 0.5) is 0 Å². The van der Waals surface area contributed by atoms with Gasteiger partial charge in [0, 0.05) is 17.9 Å². The summed E-state index contributed by atoms with van der Waals surface area (Å²) in [5.41, 5.74) is 5.42. The number of carbonyl (C=O) groups excluding carboxylic acids is 1. The standard InChI is InChI=1S/C21H24N2OS2/c1-5-16-7-9-18-19(13-16)26-21(23(18)10-11-25-4)22-20(24)17-8-6-14(2)15(3)12-17/h6-9,12-13H,5,10-11H2,1-4H3. The summed E-state index contributed by atoms with van der Waals surface area (Å²) in [4.78, 5) is 18.0. The van der Waals surface area contributed by atoms with Crippen LogP contribution in [0.2, 0.25) is 0 Å². The lowest BCUT2D eigenvalue weighted by atomic mass is 10.1. The van der Waals surface area contributed by atoms with Crippen molar-refractivity contribution in [1.29, 1.82) is 0 Å². The van der Waals surface area contributed by atoms with Gasteiger partial charge in [-0.2, -0.15) is 16.8 Å². The Morgan fingerprint density at radius 1 is 1.15 bits per heavy atom. The van der Waals surface area contributed by atoms with Crippen LogP contribution in [0.15, 0.2) is 41.4 Å². The van der Waals surface area contributed by atoms with Crippen LogP contribution < -0.4 is 4.80 Å². The molecule has 3 nitrogen and oxygen atoms in total. The van der Waals surface area contributed by atoms with Gasteiger partial charge in [0.15, 0.2) is 4.80 Å². The summed E-state index contributed by atoms with van der Waals surface area (Å²) in [7, 11) is 0. The number of aromatic nitrogens is 1. The molecular formula is C21H24N2OS2. The monoisotopic (exact) mass is 384 g/mol. The molecular weight excluding hydrogens is 360 g/mol. The Bertz CT molecular complexity index is 1010. The van der Waals surface area contributed by atoms with E-state index < -0.39 is 0 Å². The number of aryl methyl sites for hydroxylation is 4. The van der Waals surface area contributed by atoms with Gasteiger partial charge in [0.1, 0.15) is 0 Å². The van der Waals surface area contributed by atoms with Gasteiger partial charge in [-0.15, -0.1) is 0 Å². The molecule has 0 fully saturated rings. The third-order valence-corrected chi connectivity index (χ3v) is 6.26. The molecule has 0 aliphatic rings. The molecule has 5 heteroatoms. The smallest absolute Gasteiger partial charge is 0.279 e. The third-order valence-electron chi connectivity index (χ3n) is 4.63. The molecule has 1 aromatic heterocycles. The number of hydrogen-bond acceptors (Lipinski definition) is 3. The van der Waals surface area contributed by atoms with Crippen molar-refractivity contribution < 1.29 is 4.79 Å². The van der Waals surface area contributed by atoms with Gasteiger partial charge >= 0.3 is 0 Å². The minimum absolute atomic E-state index is 0.173. The van der Waals surface area contributed by atoms with E-state index >= 15 is 0 Å². The number of thioether (sulfide) groups is 1. The SMILES string of the molecule is CCc1ccc2c(c1)sc(=NC(=O)c1ccc(C)c(C)c1)n2CCSC. The lowest BCUT2D eigenvalue weighted by molar-refractivity contribution is 0.0998. The highest BCUT2D eigenvalue weighted by Crippen LogP contribution is 2.20. The Labute approximate surface area is 162 Å². The van der Waals surface area contributed by atoms with Crippen LogP contribution in [0.3, 0.4) is 0 Å². The van der Waals surface area contributed by atoms with Crippen LogP contribution in [-0.2, 0) is 13.0 Å². The first-order valence-electron chi connectivity index (χ1n) is 8.81. The number of fused-ring (bicyclic) bond motifs is 1. The van der Waals surface area contributed by atoms with Gasteiger partial charge in [-0.05, 0) is 67.5 Å². The van der Waals surface area contributed by atoms with E-state index in [-0.39, 0.29) is 5.91 Å². The van der Waals surface area contributed by atoms with Gasteiger partial charge in [0.05, 0.1) is 10.2 Å². The number of carbonyl (C=O) groups is 1. The highest BCUT2D eigenvalue weighted by atomic mass is 32.2. The Morgan fingerprint density at radius 3 is 2.65 bits per heavy atom.